The second-order valence-corrected chi connectivity index (χ2v) is 15.7. The van der Waals surface area contributed by atoms with Crippen LogP contribution in [-0.4, -0.2) is 107 Å². The molecule has 62 heavy (non-hydrogen) atoms. The fraction of sp³-hybridized carbons (Fsp3) is 0.489. The summed E-state index contributed by atoms with van der Waals surface area (Å²) in [5.41, 5.74) is 1.78. The quantitative estimate of drug-likeness (QED) is 0.0710. The van der Waals surface area contributed by atoms with E-state index in [0.29, 0.717) is 74.9 Å². The molecule has 0 radical (unpaired) electrons. The number of benzene rings is 2. The number of piperazine rings is 1. The van der Waals surface area contributed by atoms with E-state index in [4.69, 9.17) is 8.83 Å². The number of nitrogens with one attached hydrogen (secondary N) is 2. The molecule has 1 aliphatic heterocycles. The number of rotatable bonds is 20. The van der Waals surface area contributed by atoms with Crippen molar-refractivity contribution in [3.05, 3.63) is 84.8 Å². The van der Waals surface area contributed by atoms with Gasteiger partial charge in [0.15, 0.2) is 11.5 Å². The molecule has 4 aromatic rings. The Labute approximate surface area is 365 Å². The second kappa shape index (κ2) is 25.7. The maximum absolute atomic E-state index is 12.8. The molecule has 3 heterocycles. The Hall–Kier alpha value is -5.96. The first-order chi connectivity index (χ1) is 29.9. The molecule has 2 aromatic heterocycles. The van der Waals surface area contributed by atoms with Crippen molar-refractivity contribution >= 4 is 35.2 Å². The number of Topliss-reactive ketones (excluding diaryl/α,β-unsaturated/α-hetero) is 2. The predicted octanol–water partition coefficient (Wildman–Crippen LogP) is 6.72. The SMILES string of the molecule is CCC(=O)CCCCC[C@H](NC(=O)C(=O)N(C)C)c1ncc(-c2ccccc2)o1.CCC(=O)CCCCC[C@H](NC(=O)C(=O)N1CCN(C)CC1)c1ncc(-c2ccccc2)o1. The molecule has 4 amide bonds. The second-order valence-electron chi connectivity index (χ2n) is 15.7. The van der Waals surface area contributed by atoms with Crippen LogP contribution in [0.15, 0.2) is 81.9 Å². The molecule has 15 heteroatoms. The number of carbonyl (C=O) groups excluding carboxylic acids is 6. The fourth-order valence-corrected chi connectivity index (χ4v) is 6.73. The summed E-state index contributed by atoms with van der Waals surface area (Å²) in [7, 11) is 5.06. The first-order valence-electron chi connectivity index (χ1n) is 21.8. The molecule has 0 saturated carbocycles. The van der Waals surface area contributed by atoms with E-state index in [2.05, 4.69) is 25.5 Å². The molecule has 1 fully saturated rings. The fourth-order valence-electron chi connectivity index (χ4n) is 6.73. The minimum Gasteiger partial charge on any atom is -0.438 e. The Balaban J connectivity index is 0.000000275. The number of oxazole rings is 2. The van der Waals surface area contributed by atoms with Gasteiger partial charge in [0, 0.05) is 77.1 Å². The highest BCUT2D eigenvalue weighted by molar-refractivity contribution is 6.35. The minimum atomic E-state index is -0.694. The molecule has 334 valence electrons. The number of aromatic nitrogens is 2. The van der Waals surface area contributed by atoms with Gasteiger partial charge in [-0.1, -0.05) is 100 Å². The third kappa shape index (κ3) is 15.8. The van der Waals surface area contributed by atoms with Crippen molar-refractivity contribution in [3.8, 4) is 22.6 Å². The average Bonchev–Trinajstić information content (AvgIpc) is 4.00. The van der Waals surface area contributed by atoms with Crippen molar-refractivity contribution in [2.45, 2.75) is 103 Å². The third-order valence-corrected chi connectivity index (χ3v) is 10.6. The van der Waals surface area contributed by atoms with Crippen molar-refractivity contribution in [2.24, 2.45) is 0 Å². The van der Waals surface area contributed by atoms with Crippen LogP contribution < -0.4 is 10.6 Å². The Kier molecular flexibility index (Phi) is 20.2. The number of nitrogens with zero attached hydrogens (tertiary/aromatic N) is 5. The molecule has 5 rings (SSSR count). The summed E-state index contributed by atoms with van der Waals surface area (Å²) in [5, 5.41) is 5.59. The van der Waals surface area contributed by atoms with Crippen molar-refractivity contribution in [3.63, 3.8) is 0 Å². The Morgan fingerprint density at radius 3 is 1.48 bits per heavy atom. The lowest BCUT2D eigenvalue weighted by molar-refractivity contribution is -0.147. The van der Waals surface area contributed by atoms with Gasteiger partial charge < -0.3 is 34.2 Å². The number of ketones is 2. The summed E-state index contributed by atoms with van der Waals surface area (Å²) in [6.45, 7) is 6.31. The topological polar surface area (TPSA) is 188 Å². The molecule has 0 unspecified atom stereocenters. The smallest absolute Gasteiger partial charge is 0.311 e. The predicted molar refractivity (Wildman–Crippen MR) is 235 cm³/mol. The van der Waals surface area contributed by atoms with Gasteiger partial charge in [-0.05, 0) is 32.7 Å². The molecule has 0 aliphatic carbocycles. The van der Waals surface area contributed by atoms with E-state index in [1.807, 2.05) is 81.6 Å². The molecular formula is C47H63N7O8. The molecule has 15 nitrogen and oxygen atoms in total. The van der Waals surface area contributed by atoms with Gasteiger partial charge in [-0.15, -0.1) is 0 Å². The molecule has 1 aliphatic rings. The summed E-state index contributed by atoms with van der Waals surface area (Å²) in [6, 6.07) is 18.2. The largest absolute Gasteiger partial charge is 0.438 e. The zero-order chi connectivity index (χ0) is 44.9. The zero-order valence-electron chi connectivity index (χ0n) is 36.9. The Morgan fingerprint density at radius 1 is 0.629 bits per heavy atom. The molecular weight excluding hydrogens is 791 g/mol. The van der Waals surface area contributed by atoms with Crippen LogP contribution in [0, 0.1) is 0 Å². The van der Waals surface area contributed by atoms with Crippen LogP contribution in [0.1, 0.15) is 115 Å². The summed E-state index contributed by atoms with van der Waals surface area (Å²) < 4.78 is 11.9. The monoisotopic (exact) mass is 853 g/mol. The van der Waals surface area contributed by atoms with Gasteiger partial charge in [-0.3, -0.25) is 28.8 Å². The van der Waals surface area contributed by atoms with Crippen molar-refractivity contribution in [1.82, 2.24) is 35.3 Å². The summed E-state index contributed by atoms with van der Waals surface area (Å²) in [6.07, 6.45) is 11.6. The van der Waals surface area contributed by atoms with Crippen LogP contribution in [0.5, 0.6) is 0 Å². The van der Waals surface area contributed by atoms with Crippen LogP contribution in [0.2, 0.25) is 0 Å². The van der Waals surface area contributed by atoms with Crippen molar-refractivity contribution in [1.29, 1.82) is 0 Å². The van der Waals surface area contributed by atoms with Gasteiger partial charge in [-0.2, -0.15) is 0 Å². The first-order valence-corrected chi connectivity index (χ1v) is 21.8. The lowest BCUT2D eigenvalue weighted by Gasteiger charge is -2.32. The highest BCUT2D eigenvalue weighted by atomic mass is 16.4. The van der Waals surface area contributed by atoms with E-state index in [9.17, 15) is 28.8 Å². The number of carbonyl (C=O) groups is 6. The van der Waals surface area contributed by atoms with Gasteiger partial charge in [0.05, 0.1) is 12.4 Å². The van der Waals surface area contributed by atoms with Crippen LogP contribution in [0.4, 0.5) is 0 Å². The molecule has 0 spiro atoms. The normalized spacial score (nSPS) is 13.6. The highest BCUT2D eigenvalue weighted by Gasteiger charge is 2.29. The van der Waals surface area contributed by atoms with Gasteiger partial charge in [0.1, 0.15) is 23.7 Å². The zero-order valence-corrected chi connectivity index (χ0v) is 36.9. The Bertz CT molecular complexity index is 2020. The Morgan fingerprint density at radius 2 is 1.06 bits per heavy atom. The standard InChI is InChI=1S/C25H34N4O4.C22H29N3O4/c1-3-20(30)12-8-5-9-13-21(24-26-18-22(33-24)19-10-6-4-7-11-19)27-23(31)25(32)29-16-14-28(2)15-17-29;1-4-17(26)13-9-6-10-14-18(24-20(27)22(28)25(2)3)21-23-15-19(29-21)16-11-7-5-8-12-16/h4,6-7,10-11,18,21H,3,5,8-9,12-17H2,1-2H3,(H,27,31);5,7-8,11-12,15,18H,4,6,9-10,13-14H2,1-3H3,(H,24,27)/t21-;18-/m00/s1. The van der Waals surface area contributed by atoms with E-state index < -0.39 is 35.7 Å². The van der Waals surface area contributed by atoms with E-state index in [1.165, 1.54) is 19.0 Å². The van der Waals surface area contributed by atoms with Crippen molar-refractivity contribution < 1.29 is 37.6 Å². The maximum atomic E-state index is 12.8. The highest BCUT2D eigenvalue weighted by Crippen LogP contribution is 2.27. The number of likely N-dealkylation sites (N-methyl/N-ethyl adjacent to an activating group) is 2. The van der Waals surface area contributed by atoms with Gasteiger partial charge in [0.2, 0.25) is 11.8 Å². The minimum absolute atomic E-state index is 0.256. The summed E-state index contributed by atoms with van der Waals surface area (Å²) >= 11 is 0. The molecule has 2 aromatic carbocycles. The number of hydrogen-bond donors (Lipinski definition) is 2. The van der Waals surface area contributed by atoms with Crippen molar-refractivity contribution in [2.75, 3.05) is 47.3 Å². The van der Waals surface area contributed by atoms with E-state index >= 15 is 0 Å². The lowest BCUT2D eigenvalue weighted by atomic mass is 10.0. The molecule has 0 bridgehead atoms. The van der Waals surface area contributed by atoms with Crippen LogP contribution in [0.25, 0.3) is 22.6 Å². The van der Waals surface area contributed by atoms with Gasteiger partial charge in [-0.25, -0.2) is 9.97 Å². The molecule has 2 N–H and O–H groups in total. The van der Waals surface area contributed by atoms with E-state index in [1.54, 1.807) is 17.3 Å². The number of amides is 4. The molecule has 2 atom stereocenters. The van der Waals surface area contributed by atoms with E-state index in [-0.39, 0.29) is 11.6 Å². The van der Waals surface area contributed by atoms with Gasteiger partial charge >= 0.3 is 23.6 Å². The van der Waals surface area contributed by atoms with Crippen LogP contribution in [-0.2, 0) is 28.8 Å². The number of unbranched alkanes of at least 4 members (excludes halogenated alkanes) is 4. The third-order valence-electron chi connectivity index (χ3n) is 10.6. The summed E-state index contributed by atoms with van der Waals surface area (Å²) in [4.78, 5) is 86.3. The average molecular weight is 854 g/mol. The maximum Gasteiger partial charge on any atom is 0.311 e. The summed E-state index contributed by atoms with van der Waals surface area (Å²) in [5.74, 6) is 0.0210. The van der Waals surface area contributed by atoms with Crippen LogP contribution >= 0.6 is 0 Å². The molecule has 1 saturated heterocycles. The van der Waals surface area contributed by atoms with E-state index in [0.717, 1.165) is 62.7 Å². The van der Waals surface area contributed by atoms with Gasteiger partial charge in [0.25, 0.3) is 0 Å². The first kappa shape index (κ1) is 48.7. The number of hydrogen-bond acceptors (Lipinski definition) is 11. The van der Waals surface area contributed by atoms with Crippen LogP contribution in [0.3, 0.4) is 0 Å². The lowest BCUT2D eigenvalue weighted by Crippen LogP contribution is -2.52.